The molecule has 0 saturated carbocycles. The third-order valence-corrected chi connectivity index (χ3v) is 6.33. The largest absolute Gasteiger partial charge is 0.490 e. The van der Waals surface area contributed by atoms with Crippen molar-refractivity contribution in [1.82, 2.24) is 15.1 Å². The number of carboxylic acid groups (broad SMARTS) is 1. The zero-order chi connectivity index (χ0) is 25.6. The molecular formula is C23H28F3N3O6. The van der Waals surface area contributed by atoms with Crippen LogP contribution in [0.3, 0.4) is 0 Å². The lowest BCUT2D eigenvalue weighted by Gasteiger charge is -2.33. The third-order valence-electron chi connectivity index (χ3n) is 6.33. The van der Waals surface area contributed by atoms with Gasteiger partial charge in [-0.25, -0.2) is 9.59 Å². The number of ketones is 1. The number of carbonyl (C=O) groups excluding carboxylic acids is 3. The fraction of sp³-hybridized carbons (Fsp3) is 0.565. The third kappa shape index (κ3) is 6.93. The summed E-state index contributed by atoms with van der Waals surface area (Å²) in [6.45, 7) is 3.20. The highest BCUT2D eigenvalue weighted by atomic mass is 19.4. The van der Waals surface area contributed by atoms with Crippen molar-refractivity contribution in [2.45, 2.75) is 37.5 Å². The van der Waals surface area contributed by atoms with Gasteiger partial charge in [0, 0.05) is 37.4 Å². The molecule has 3 aliphatic heterocycles. The van der Waals surface area contributed by atoms with Crippen LogP contribution in [-0.2, 0) is 14.3 Å². The van der Waals surface area contributed by atoms with Gasteiger partial charge in [0.1, 0.15) is 12.1 Å². The Morgan fingerprint density at radius 3 is 2.37 bits per heavy atom. The molecule has 3 fully saturated rings. The molecule has 1 spiro atoms. The molecule has 2 amide bonds. The molecule has 35 heavy (non-hydrogen) atoms. The number of carbonyl (C=O) groups is 4. The Bertz CT molecular complexity index is 934. The Labute approximate surface area is 200 Å². The van der Waals surface area contributed by atoms with Crippen LogP contribution in [0.15, 0.2) is 30.3 Å². The molecule has 1 aromatic rings. The van der Waals surface area contributed by atoms with Gasteiger partial charge >= 0.3 is 18.2 Å². The topological polar surface area (TPSA) is 116 Å². The number of hydrogen-bond donors (Lipinski definition) is 2. The van der Waals surface area contributed by atoms with E-state index >= 15 is 0 Å². The number of carboxylic acids is 1. The van der Waals surface area contributed by atoms with Gasteiger partial charge in [-0.3, -0.25) is 14.5 Å². The van der Waals surface area contributed by atoms with Crippen LogP contribution in [0.2, 0.25) is 0 Å². The molecule has 1 aromatic carbocycles. The molecule has 12 heteroatoms. The van der Waals surface area contributed by atoms with Crippen molar-refractivity contribution in [2.75, 3.05) is 39.3 Å². The maximum absolute atomic E-state index is 12.8. The van der Waals surface area contributed by atoms with E-state index in [2.05, 4.69) is 5.32 Å². The molecule has 3 saturated heterocycles. The summed E-state index contributed by atoms with van der Waals surface area (Å²) in [5.41, 5.74) is 0.244. The number of piperidine rings is 2. The summed E-state index contributed by atoms with van der Waals surface area (Å²) in [4.78, 5) is 50.0. The van der Waals surface area contributed by atoms with E-state index in [-0.39, 0.29) is 24.2 Å². The number of likely N-dealkylation sites (tertiary alicyclic amines) is 1. The number of Topliss-reactive ketones (excluding diaryl/α,β-unsaturated/α-hetero) is 1. The number of alkyl halides is 3. The number of nitrogens with zero attached hydrogens (tertiary/aromatic N) is 2. The summed E-state index contributed by atoms with van der Waals surface area (Å²) in [7, 11) is 0. The highest BCUT2D eigenvalue weighted by Crippen LogP contribution is 2.31. The van der Waals surface area contributed by atoms with Crippen LogP contribution in [0, 0.1) is 5.92 Å². The summed E-state index contributed by atoms with van der Waals surface area (Å²) >= 11 is 0. The van der Waals surface area contributed by atoms with E-state index in [9.17, 15) is 27.6 Å². The molecule has 4 rings (SSSR count). The van der Waals surface area contributed by atoms with Crippen LogP contribution in [-0.4, -0.2) is 89.7 Å². The smallest absolute Gasteiger partial charge is 0.475 e. The quantitative estimate of drug-likeness (QED) is 0.611. The minimum Gasteiger partial charge on any atom is -0.475 e. The molecule has 3 aliphatic rings. The van der Waals surface area contributed by atoms with Crippen molar-refractivity contribution in [3.63, 3.8) is 0 Å². The Morgan fingerprint density at radius 2 is 1.77 bits per heavy atom. The van der Waals surface area contributed by atoms with Crippen molar-refractivity contribution >= 4 is 23.8 Å². The van der Waals surface area contributed by atoms with Crippen molar-refractivity contribution in [3.05, 3.63) is 35.9 Å². The lowest BCUT2D eigenvalue weighted by molar-refractivity contribution is -0.192. The van der Waals surface area contributed by atoms with Gasteiger partial charge in [0.2, 0.25) is 5.91 Å². The van der Waals surface area contributed by atoms with Gasteiger partial charge in [0.25, 0.3) is 0 Å². The van der Waals surface area contributed by atoms with Crippen molar-refractivity contribution < 1.29 is 42.2 Å². The van der Waals surface area contributed by atoms with Gasteiger partial charge in [-0.1, -0.05) is 30.3 Å². The second-order valence-electron chi connectivity index (χ2n) is 8.87. The second kappa shape index (κ2) is 11.1. The zero-order valence-corrected chi connectivity index (χ0v) is 19.1. The molecule has 3 heterocycles. The highest BCUT2D eigenvalue weighted by molar-refractivity contribution is 5.98. The number of benzene rings is 1. The molecule has 9 nitrogen and oxygen atoms in total. The van der Waals surface area contributed by atoms with Crippen molar-refractivity contribution in [3.8, 4) is 0 Å². The predicted molar refractivity (Wildman–Crippen MR) is 117 cm³/mol. The summed E-state index contributed by atoms with van der Waals surface area (Å²) in [5.74, 6) is -2.95. The van der Waals surface area contributed by atoms with Gasteiger partial charge in [0.15, 0.2) is 5.78 Å². The summed E-state index contributed by atoms with van der Waals surface area (Å²) in [6.07, 6.45) is -2.33. The summed E-state index contributed by atoms with van der Waals surface area (Å²) in [6, 6.07) is 9.24. The highest BCUT2D eigenvalue weighted by Gasteiger charge is 2.46. The summed E-state index contributed by atoms with van der Waals surface area (Å²) < 4.78 is 37.4. The minimum atomic E-state index is -5.08. The molecule has 0 aliphatic carbocycles. The number of aliphatic carboxylic acids is 1. The number of halogens is 3. The fourth-order valence-electron chi connectivity index (χ4n) is 4.48. The SMILES string of the molecule is O=C(O)C(F)(F)F.O=C(c1ccccc1)C1CCCN(C(=O)CN2CC3(CCNCC3)OC2=O)C1. The van der Waals surface area contributed by atoms with E-state index in [1.54, 1.807) is 4.90 Å². The Morgan fingerprint density at radius 1 is 1.14 bits per heavy atom. The van der Waals surface area contributed by atoms with Crippen LogP contribution in [0.4, 0.5) is 18.0 Å². The second-order valence-corrected chi connectivity index (χ2v) is 8.87. The van der Waals surface area contributed by atoms with Crippen LogP contribution < -0.4 is 5.32 Å². The van der Waals surface area contributed by atoms with E-state index in [0.717, 1.165) is 38.8 Å². The van der Waals surface area contributed by atoms with Gasteiger partial charge in [-0.05, 0) is 25.9 Å². The van der Waals surface area contributed by atoms with Gasteiger partial charge in [0.05, 0.1) is 6.54 Å². The van der Waals surface area contributed by atoms with Crippen LogP contribution in [0.25, 0.3) is 0 Å². The Balaban J connectivity index is 0.000000429. The lowest BCUT2D eigenvalue weighted by atomic mass is 9.90. The van der Waals surface area contributed by atoms with Crippen LogP contribution in [0.5, 0.6) is 0 Å². The average molecular weight is 499 g/mol. The molecule has 0 aromatic heterocycles. The Kier molecular flexibility index (Phi) is 8.36. The number of nitrogens with one attached hydrogen (secondary N) is 1. The maximum atomic E-state index is 12.8. The standard InChI is InChI=1S/C21H27N3O4.C2HF3O2/c25-18(14-24-15-21(28-20(24)27)8-10-22-11-9-21)23-12-4-7-17(13-23)19(26)16-5-2-1-3-6-16;3-2(4,5)1(6)7/h1-3,5-6,17,22H,4,7-15H2;(H,6,7). The molecule has 192 valence electrons. The van der Waals surface area contributed by atoms with E-state index in [1.165, 1.54) is 4.90 Å². The molecule has 2 N–H and O–H groups in total. The maximum Gasteiger partial charge on any atom is 0.490 e. The zero-order valence-electron chi connectivity index (χ0n) is 19.1. The van der Waals surface area contributed by atoms with Crippen LogP contribution >= 0.6 is 0 Å². The minimum absolute atomic E-state index is 0.0280. The van der Waals surface area contributed by atoms with Gasteiger partial charge in [-0.2, -0.15) is 13.2 Å². The molecular weight excluding hydrogens is 471 g/mol. The molecule has 1 atom stereocenters. The first-order valence-corrected chi connectivity index (χ1v) is 11.4. The van der Waals surface area contributed by atoms with Gasteiger partial charge in [-0.15, -0.1) is 0 Å². The van der Waals surface area contributed by atoms with Crippen molar-refractivity contribution in [2.24, 2.45) is 5.92 Å². The van der Waals surface area contributed by atoms with E-state index < -0.39 is 23.8 Å². The molecule has 1 unspecified atom stereocenters. The average Bonchev–Trinajstić information content (AvgIpc) is 3.13. The predicted octanol–water partition coefficient (Wildman–Crippen LogP) is 2.32. The molecule has 0 radical (unpaired) electrons. The lowest BCUT2D eigenvalue weighted by Crippen LogP contribution is -2.48. The van der Waals surface area contributed by atoms with Gasteiger partial charge < -0.3 is 20.1 Å². The van der Waals surface area contributed by atoms with Crippen LogP contribution in [0.1, 0.15) is 36.0 Å². The number of rotatable bonds is 4. The van der Waals surface area contributed by atoms with E-state index in [4.69, 9.17) is 14.6 Å². The first kappa shape index (κ1) is 26.5. The van der Waals surface area contributed by atoms with Crippen molar-refractivity contribution in [1.29, 1.82) is 0 Å². The summed E-state index contributed by atoms with van der Waals surface area (Å²) in [5, 5.41) is 10.4. The first-order valence-electron chi connectivity index (χ1n) is 11.4. The Hall–Kier alpha value is -3.15. The monoisotopic (exact) mass is 499 g/mol. The number of hydrogen-bond acceptors (Lipinski definition) is 6. The number of amides is 2. The van der Waals surface area contributed by atoms with E-state index in [1.807, 2.05) is 30.3 Å². The molecule has 0 bridgehead atoms. The van der Waals surface area contributed by atoms with E-state index in [0.29, 0.717) is 25.2 Å². The first-order chi connectivity index (χ1) is 16.5. The fourth-order valence-corrected chi connectivity index (χ4v) is 4.48. The normalized spacial score (nSPS) is 21.7. The number of ether oxygens (including phenoxy) is 1.